The van der Waals surface area contributed by atoms with Crippen molar-refractivity contribution in [3.05, 3.63) is 41.6 Å². The van der Waals surface area contributed by atoms with Gasteiger partial charge in [0, 0.05) is 24.2 Å². The van der Waals surface area contributed by atoms with E-state index >= 15 is 0 Å². The van der Waals surface area contributed by atoms with Crippen molar-refractivity contribution in [2.75, 3.05) is 13.1 Å². The molecule has 0 amide bonds. The van der Waals surface area contributed by atoms with Crippen molar-refractivity contribution in [2.24, 2.45) is 5.92 Å². The maximum atomic E-state index is 13.4. The summed E-state index contributed by atoms with van der Waals surface area (Å²) in [6.45, 7) is 4.39. The first-order valence-corrected chi connectivity index (χ1v) is 12.9. The van der Waals surface area contributed by atoms with Crippen LogP contribution in [0.1, 0.15) is 56.7 Å². The van der Waals surface area contributed by atoms with Gasteiger partial charge < -0.3 is 9.84 Å². The predicted octanol–water partition coefficient (Wildman–Crippen LogP) is 3.89. The molecule has 1 aliphatic carbocycles. The summed E-state index contributed by atoms with van der Waals surface area (Å²) in [4.78, 5) is 16.7. The van der Waals surface area contributed by atoms with Gasteiger partial charge in [0.25, 0.3) is 0 Å². The fourth-order valence-corrected chi connectivity index (χ4v) is 7.31. The molecule has 0 radical (unpaired) electrons. The number of carbonyl (C=O) groups is 1. The number of carboxylic acids is 1. The zero-order chi connectivity index (χ0) is 22.9. The van der Waals surface area contributed by atoms with E-state index in [0.717, 1.165) is 35.0 Å². The molecule has 1 aromatic carbocycles. The molecule has 1 aromatic heterocycles. The molecule has 174 valence electrons. The average molecular weight is 461 g/mol. The number of aryl methyl sites for hydroxylation is 1. The number of hydrogen-bond acceptors (Lipinski definition) is 5. The number of nitrogens with zero attached hydrogens (tertiary/aromatic N) is 2. The quantitative estimate of drug-likeness (QED) is 0.673. The third kappa shape index (κ3) is 4.16. The van der Waals surface area contributed by atoms with E-state index in [1.54, 1.807) is 0 Å². The zero-order valence-corrected chi connectivity index (χ0v) is 19.6. The molecule has 1 saturated carbocycles. The molecule has 4 rings (SSSR count). The van der Waals surface area contributed by atoms with Gasteiger partial charge >= 0.3 is 5.97 Å². The Kier molecular flexibility index (Phi) is 6.56. The first kappa shape index (κ1) is 23.1. The van der Waals surface area contributed by atoms with Crippen LogP contribution in [0.4, 0.5) is 0 Å². The van der Waals surface area contributed by atoms with Gasteiger partial charge in [-0.15, -0.1) is 0 Å². The van der Waals surface area contributed by atoms with Crippen molar-refractivity contribution in [1.29, 1.82) is 0 Å². The van der Waals surface area contributed by atoms with Crippen molar-refractivity contribution in [1.82, 2.24) is 9.29 Å². The molecule has 7 nitrogen and oxygen atoms in total. The number of benzene rings is 1. The van der Waals surface area contributed by atoms with Crippen LogP contribution < -0.4 is 0 Å². The molecular formula is C24H32N2O5S. The van der Waals surface area contributed by atoms with Crippen LogP contribution in [0.2, 0.25) is 0 Å². The van der Waals surface area contributed by atoms with Crippen molar-refractivity contribution >= 4 is 26.9 Å². The second kappa shape index (κ2) is 9.08. The van der Waals surface area contributed by atoms with E-state index in [1.165, 1.54) is 11.2 Å². The van der Waals surface area contributed by atoms with Crippen LogP contribution in [-0.2, 0) is 26.2 Å². The largest absolute Gasteiger partial charge is 0.480 e. The van der Waals surface area contributed by atoms with Gasteiger partial charge in [0.2, 0.25) is 10.0 Å². The summed E-state index contributed by atoms with van der Waals surface area (Å²) in [6.07, 6.45) is 4.14. The van der Waals surface area contributed by atoms with Gasteiger partial charge in [-0.05, 0) is 63.1 Å². The molecule has 1 saturated heterocycles. The molecule has 32 heavy (non-hydrogen) atoms. The first-order valence-electron chi connectivity index (χ1n) is 11.4. The maximum Gasteiger partial charge on any atom is 0.326 e. The molecule has 0 spiro atoms. The number of pyridine rings is 1. The molecule has 0 bridgehead atoms. The van der Waals surface area contributed by atoms with Crippen LogP contribution in [0.3, 0.4) is 0 Å². The van der Waals surface area contributed by atoms with Gasteiger partial charge in [-0.1, -0.05) is 31.0 Å². The van der Waals surface area contributed by atoms with Crippen LogP contribution in [0.25, 0.3) is 10.9 Å². The Morgan fingerprint density at radius 1 is 1.19 bits per heavy atom. The lowest BCUT2D eigenvalue weighted by atomic mass is 9.92. The van der Waals surface area contributed by atoms with Crippen molar-refractivity contribution in [3.63, 3.8) is 0 Å². The van der Waals surface area contributed by atoms with Crippen LogP contribution >= 0.6 is 0 Å². The average Bonchev–Trinajstić information content (AvgIpc) is 3.32. The Hall–Kier alpha value is -2.03. The molecule has 2 aromatic rings. The molecule has 2 heterocycles. The van der Waals surface area contributed by atoms with Gasteiger partial charge in [-0.2, -0.15) is 0 Å². The van der Waals surface area contributed by atoms with Crippen LogP contribution in [0, 0.1) is 12.8 Å². The monoisotopic (exact) mass is 460 g/mol. The summed E-state index contributed by atoms with van der Waals surface area (Å²) in [5.41, 5.74) is 2.94. The molecule has 8 heteroatoms. The van der Waals surface area contributed by atoms with E-state index in [2.05, 4.69) is 4.98 Å². The second-order valence-electron chi connectivity index (χ2n) is 9.25. The second-order valence-corrected chi connectivity index (χ2v) is 11.6. The number of rotatable bonds is 7. The number of fused-ring (bicyclic) bond motifs is 1. The smallest absolute Gasteiger partial charge is 0.326 e. The van der Waals surface area contributed by atoms with E-state index in [1.807, 2.05) is 37.3 Å². The SMILES string of the molecule is Cc1cc(COC2CCN(S(=O)(=O)C(C)(C(=O)O)C3CCCC3)CC2)c2ccccc2n1. The Morgan fingerprint density at radius 2 is 1.84 bits per heavy atom. The highest BCUT2D eigenvalue weighted by Crippen LogP contribution is 2.41. The number of hydrogen-bond donors (Lipinski definition) is 1. The lowest BCUT2D eigenvalue weighted by molar-refractivity contribution is -0.141. The summed E-state index contributed by atoms with van der Waals surface area (Å²) >= 11 is 0. The van der Waals surface area contributed by atoms with E-state index < -0.39 is 20.7 Å². The number of para-hydroxylation sites is 1. The van der Waals surface area contributed by atoms with Crippen LogP contribution in [0.15, 0.2) is 30.3 Å². The fourth-order valence-electron chi connectivity index (χ4n) is 5.20. The van der Waals surface area contributed by atoms with E-state index in [9.17, 15) is 18.3 Å². The van der Waals surface area contributed by atoms with E-state index in [-0.39, 0.29) is 12.0 Å². The Labute approximate surface area is 189 Å². The summed E-state index contributed by atoms with van der Waals surface area (Å²) in [5, 5.41) is 11.0. The highest BCUT2D eigenvalue weighted by molar-refractivity contribution is 7.91. The number of sulfonamides is 1. The van der Waals surface area contributed by atoms with Gasteiger partial charge in [0.1, 0.15) is 0 Å². The minimum atomic E-state index is -3.96. The molecule has 2 aliphatic rings. The van der Waals surface area contributed by atoms with E-state index in [0.29, 0.717) is 45.4 Å². The lowest BCUT2D eigenvalue weighted by Gasteiger charge is -2.39. The number of piperidine rings is 1. The standard InChI is InChI=1S/C24H32N2O5S/c1-17-15-18(21-9-5-6-10-22(21)25-17)16-31-20-11-13-26(14-12-20)32(29,30)24(2,23(27)28)19-7-3-4-8-19/h5-6,9-10,15,19-20H,3-4,7-8,11-14,16H2,1-2H3,(H,27,28). The third-order valence-electron chi connectivity index (χ3n) is 7.24. The highest BCUT2D eigenvalue weighted by Gasteiger charge is 2.55. The zero-order valence-electron chi connectivity index (χ0n) is 18.8. The van der Waals surface area contributed by atoms with Gasteiger partial charge in [-0.25, -0.2) is 12.7 Å². The first-order chi connectivity index (χ1) is 15.2. The molecule has 2 fully saturated rings. The lowest BCUT2D eigenvalue weighted by Crippen LogP contribution is -2.57. The van der Waals surface area contributed by atoms with Gasteiger partial charge in [-0.3, -0.25) is 9.78 Å². The maximum absolute atomic E-state index is 13.4. The Bertz CT molecular complexity index is 1090. The minimum absolute atomic E-state index is 0.0590. The molecule has 1 aliphatic heterocycles. The summed E-state index contributed by atoms with van der Waals surface area (Å²) < 4.78 is 32.6. The Balaban J connectivity index is 1.42. The van der Waals surface area contributed by atoms with E-state index in [4.69, 9.17) is 4.74 Å². The topological polar surface area (TPSA) is 96.8 Å². The third-order valence-corrected chi connectivity index (χ3v) is 9.86. The molecule has 1 unspecified atom stereocenters. The van der Waals surface area contributed by atoms with Crippen LogP contribution in [-0.4, -0.2) is 52.7 Å². The number of aliphatic carboxylic acids is 1. The Morgan fingerprint density at radius 3 is 2.50 bits per heavy atom. The number of carboxylic acid groups (broad SMARTS) is 1. The number of aromatic nitrogens is 1. The molecule has 1 atom stereocenters. The molecule has 1 N–H and O–H groups in total. The van der Waals surface area contributed by atoms with Crippen LogP contribution in [0.5, 0.6) is 0 Å². The minimum Gasteiger partial charge on any atom is -0.480 e. The van der Waals surface area contributed by atoms with Crippen molar-refractivity contribution in [2.45, 2.75) is 69.8 Å². The number of ether oxygens (including phenoxy) is 1. The summed E-state index contributed by atoms with van der Waals surface area (Å²) in [6, 6.07) is 9.99. The van der Waals surface area contributed by atoms with Gasteiger partial charge in [0.05, 0.1) is 18.2 Å². The van der Waals surface area contributed by atoms with Crippen molar-refractivity contribution in [3.8, 4) is 0 Å². The summed E-state index contributed by atoms with van der Waals surface area (Å²) in [7, 11) is -3.96. The normalized spacial score (nSPS) is 21.1. The molecular weight excluding hydrogens is 428 g/mol. The predicted molar refractivity (Wildman–Crippen MR) is 123 cm³/mol. The van der Waals surface area contributed by atoms with Gasteiger partial charge in [0.15, 0.2) is 4.75 Å². The fraction of sp³-hybridized carbons (Fsp3) is 0.583. The summed E-state index contributed by atoms with van der Waals surface area (Å²) in [5.74, 6) is -1.56. The van der Waals surface area contributed by atoms with Crippen molar-refractivity contribution < 1.29 is 23.1 Å². The highest BCUT2D eigenvalue weighted by atomic mass is 32.2.